The van der Waals surface area contributed by atoms with Gasteiger partial charge >= 0.3 is 6.18 Å². The molecule has 0 bridgehead atoms. The summed E-state index contributed by atoms with van der Waals surface area (Å²) in [6, 6.07) is 4.77. The van der Waals surface area contributed by atoms with Crippen molar-refractivity contribution in [3.63, 3.8) is 0 Å². The minimum atomic E-state index is -4.43. The molecular weight excluding hydrogens is 357 g/mol. The molecule has 0 fully saturated rings. The Balaban J connectivity index is 0.00000312. The first kappa shape index (κ1) is 21.0. The predicted octanol–water partition coefficient (Wildman–Crippen LogP) is 3.09. The predicted molar refractivity (Wildman–Crippen MR) is 91.2 cm³/mol. The van der Waals surface area contributed by atoms with E-state index in [-0.39, 0.29) is 30.0 Å². The Morgan fingerprint density at radius 2 is 2.08 bits per heavy atom. The average molecular weight is 377 g/mol. The number of nitrogens with one attached hydrogen (secondary N) is 1. The number of rotatable bonds is 5. The molecule has 1 aromatic carbocycles. The van der Waals surface area contributed by atoms with Gasteiger partial charge in [-0.25, -0.2) is 4.68 Å². The van der Waals surface area contributed by atoms with Crippen molar-refractivity contribution in [2.45, 2.75) is 32.5 Å². The van der Waals surface area contributed by atoms with Crippen molar-refractivity contribution in [2.24, 2.45) is 5.73 Å². The third kappa shape index (κ3) is 5.20. The molecule has 1 heterocycles. The van der Waals surface area contributed by atoms with Gasteiger partial charge in [0, 0.05) is 12.6 Å². The lowest BCUT2D eigenvalue weighted by Gasteiger charge is -2.10. The molecule has 0 aliphatic rings. The third-order valence-corrected chi connectivity index (χ3v) is 3.56. The molecule has 25 heavy (non-hydrogen) atoms. The molecule has 0 radical (unpaired) electrons. The molecule has 0 aliphatic carbocycles. The van der Waals surface area contributed by atoms with Gasteiger partial charge in [-0.2, -0.15) is 18.3 Å². The molecule has 0 saturated heterocycles. The highest BCUT2D eigenvalue weighted by atomic mass is 35.5. The minimum absolute atomic E-state index is 0. The minimum Gasteiger partial charge on any atom is -0.352 e. The lowest BCUT2D eigenvalue weighted by molar-refractivity contribution is -0.137. The summed E-state index contributed by atoms with van der Waals surface area (Å²) in [4.78, 5) is 12.1. The lowest BCUT2D eigenvalue weighted by Crippen LogP contribution is -2.29. The zero-order valence-electron chi connectivity index (χ0n) is 13.8. The van der Waals surface area contributed by atoms with Gasteiger partial charge in [-0.15, -0.1) is 12.4 Å². The van der Waals surface area contributed by atoms with Crippen LogP contribution in [0.2, 0.25) is 0 Å². The van der Waals surface area contributed by atoms with E-state index >= 15 is 0 Å². The molecule has 0 aliphatic heterocycles. The summed E-state index contributed by atoms with van der Waals surface area (Å²) >= 11 is 0. The van der Waals surface area contributed by atoms with Crippen molar-refractivity contribution < 1.29 is 18.0 Å². The van der Waals surface area contributed by atoms with Crippen molar-refractivity contribution in [3.8, 4) is 5.69 Å². The molecule has 0 saturated carbocycles. The van der Waals surface area contributed by atoms with Gasteiger partial charge < -0.3 is 11.1 Å². The summed E-state index contributed by atoms with van der Waals surface area (Å²) in [5.41, 5.74) is 5.88. The number of benzene rings is 1. The Labute approximate surface area is 149 Å². The number of alkyl halides is 3. The third-order valence-electron chi connectivity index (χ3n) is 3.56. The molecule has 3 N–H and O–H groups in total. The first-order chi connectivity index (χ1) is 11.2. The van der Waals surface area contributed by atoms with E-state index in [1.165, 1.54) is 23.0 Å². The number of carbonyl (C=O) groups is 1. The molecule has 1 aromatic heterocycles. The number of nitrogens with two attached hydrogens (primary N) is 1. The van der Waals surface area contributed by atoms with Crippen molar-refractivity contribution >= 4 is 18.3 Å². The smallest absolute Gasteiger partial charge is 0.352 e. The Kier molecular flexibility index (Phi) is 7.01. The highest BCUT2D eigenvalue weighted by molar-refractivity contribution is 5.95. The molecule has 2 rings (SSSR count). The van der Waals surface area contributed by atoms with Crippen LogP contribution in [0.25, 0.3) is 5.69 Å². The van der Waals surface area contributed by atoms with E-state index in [9.17, 15) is 18.0 Å². The summed E-state index contributed by atoms with van der Waals surface area (Å²) in [5.74, 6) is -0.327. The molecule has 0 spiro atoms. The summed E-state index contributed by atoms with van der Waals surface area (Å²) in [5, 5.41) is 6.76. The Bertz CT molecular complexity index is 728. The number of hydrogen-bond donors (Lipinski definition) is 2. The fourth-order valence-corrected chi connectivity index (χ4v) is 2.22. The van der Waals surface area contributed by atoms with Gasteiger partial charge in [0.1, 0.15) is 0 Å². The van der Waals surface area contributed by atoms with Crippen LogP contribution in [0.3, 0.4) is 0 Å². The molecule has 138 valence electrons. The second-order valence-electron chi connectivity index (χ2n) is 5.63. The van der Waals surface area contributed by atoms with E-state index in [4.69, 9.17) is 5.73 Å². The standard InChI is InChI=1S/C16H19F3N4O.ClH/c1-10(20)6-7-21-15(24)14-9-22-23(11(14)2)13-5-3-4-12(8-13)16(17,18)19;/h3-5,8-10H,6-7,20H2,1-2H3,(H,21,24);1H. The van der Waals surface area contributed by atoms with Crippen LogP contribution in [0.4, 0.5) is 13.2 Å². The first-order valence-corrected chi connectivity index (χ1v) is 7.46. The SMILES string of the molecule is Cc1c(C(=O)NCCC(C)N)cnn1-c1cccc(C(F)(F)F)c1.Cl. The molecule has 1 amide bonds. The quantitative estimate of drug-likeness (QED) is 0.842. The highest BCUT2D eigenvalue weighted by Gasteiger charge is 2.30. The van der Waals surface area contributed by atoms with Crippen LogP contribution in [0.15, 0.2) is 30.5 Å². The number of hydrogen-bond acceptors (Lipinski definition) is 3. The molecule has 1 unspecified atom stereocenters. The summed E-state index contributed by atoms with van der Waals surface area (Å²) in [7, 11) is 0. The van der Waals surface area contributed by atoms with Crippen LogP contribution in [0, 0.1) is 6.92 Å². The van der Waals surface area contributed by atoms with Gasteiger partial charge in [0.2, 0.25) is 0 Å². The molecule has 2 aromatic rings. The number of carbonyl (C=O) groups excluding carboxylic acids is 1. The van der Waals surface area contributed by atoms with Crippen LogP contribution < -0.4 is 11.1 Å². The lowest BCUT2D eigenvalue weighted by atomic mass is 10.2. The van der Waals surface area contributed by atoms with Crippen molar-refractivity contribution in [1.82, 2.24) is 15.1 Å². The number of amides is 1. The van der Waals surface area contributed by atoms with E-state index in [1.807, 2.05) is 6.92 Å². The Morgan fingerprint density at radius 3 is 2.68 bits per heavy atom. The second kappa shape index (κ2) is 8.35. The number of aromatic nitrogens is 2. The van der Waals surface area contributed by atoms with Crippen molar-refractivity contribution in [1.29, 1.82) is 0 Å². The van der Waals surface area contributed by atoms with Gasteiger partial charge in [0.25, 0.3) is 5.91 Å². The van der Waals surface area contributed by atoms with Gasteiger partial charge in [0.15, 0.2) is 0 Å². The maximum atomic E-state index is 12.8. The largest absolute Gasteiger partial charge is 0.416 e. The maximum Gasteiger partial charge on any atom is 0.416 e. The van der Waals surface area contributed by atoms with E-state index in [1.54, 1.807) is 6.92 Å². The van der Waals surface area contributed by atoms with Crippen LogP contribution in [0.5, 0.6) is 0 Å². The van der Waals surface area contributed by atoms with Gasteiger partial charge in [0.05, 0.1) is 28.7 Å². The van der Waals surface area contributed by atoms with Gasteiger partial charge in [-0.05, 0) is 38.5 Å². The highest BCUT2D eigenvalue weighted by Crippen LogP contribution is 2.30. The molecule has 5 nitrogen and oxygen atoms in total. The van der Waals surface area contributed by atoms with Gasteiger partial charge in [-0.1, -0.05) is 6.07 Å². The van der Waals surface area contributed by atoms with Crippen molar-refractivity contribution in [2.75, 3.05) is 6.54 Å². The number of halogens is 4. The zero-order chi connectivity index (χ0) is 17.9. The molecule has 9 heteroatoms. The van der Waals surface area contributed by atoms with E-state index in [0.717, 1.165) is 12.1 Å². The fourth-order valence-electron chi connectivity index (χ4n) is 2.22. The summed E-state index contributed by atoms with van der Waals surface area (Å²) in [6.45, 7) is 3.89. The topological polar surface area (TPSA) is 72.9 Å². The van der Waals surface area contributed by atoms with Crippen LogP contribution >= 0.6 is 12.4 Å². The second-order valence-corrected chi connectivity index (χ2v) is 5.63. The number of nitrogens with zero attached hydrogens (tertiary/aromatic N) is 2. The van der Waals surface area contributed by atoms with Crippen LogP contribution in [0.1, 0.15) is 35.0 Å². The summed E-state index contributed by atoms with van der Waals surface area (Å²) < 4.78 is 39.8. The van der Waals surface area contributed by atoms with E-state index < -0.39 is 11.7 Å². The van der Waals surface area contributed by atoms with Gasteiger partial charge in [-0.3, -0.25) is 4.79 Å². The monoisotopic (exact) mass is 376 g/mol. The van der Waals surface area contributed by atoms with E-state index in [2.05, 4.69) is 10.4 Å². The fraction of sp³-hybridized carbons (Fsp3) is 0.375. The first-order valence-electron chi connectivity index (χ1n) is 7.46. The summed E-state index contributed by atoms with van der Waals surface area (Å²) in [6.07, 6.45) is -2.46. The Morgan fingerprint density at radius 1 is 1.40 bits per heavy atom. The molecular formula is C16H20ClF3N4O. The Hall–Kier alpha value is -2.06. The normalized spacial score (nSPS) is 12.4. The zero-order valence-corrected chi connectivity index (χ0v) is 14.6. The molecule has 1 atom stereocenters. The van der Waals surface area contributed by atoms with Crippen LogP contribution in [-0.2, 0) is 6.18 Å². The van der Waals surface area contributed by atoms with E-state index in [0.29, 0.717) is 24.2 Å². The maximum absolute atomic E-state index is 12.8. The van der Waals surface area contributed by atoms with Crippen molar-refractivity contribution in [3.05, 3.63) is 47.3 Å². The average Bonchev–Trinajstić information content (AvgIpc) is 2.88. The van der Waals surface area contributed by atoms with Crippen LogP contribution in [-0.4, -0.2) is 28.3 Å².